The number of anilines is 1. The van der Waals surface area contributed by atoms with E-state index in [-0.39, 0.29) is 30.7 Å². The summed E-state index contributed by atoms with van der Waals surface area (Å²) in [6.07, 6.45) is 0.467. The Morgan fingerprint density at radius 1 is 1.29 bits per heavy atom. The van der Waals surface area contributed by atoms with Crippen LogP contribution in [-0.4, -0.2) is 48.7 Å². The summed E-state index contributed by atoms with van der Waals surface area (Å²) < 4.78 is 15.5. The fraction of sp³-hybridized carbons (Fsp3) is 0.278. The van der Waals surface area contributed by atoms with Gasteiger partial charge in [-0.2, -0.15) is 0 Å². The van der Waals surface area contributed by atoms with E-state index in [1.807, 2.05) is 0 Å². The number of carbonyl (C=O) groups excluding carboxylic acids is 2. The first-order chi connectivity index (χ1) is 13.5. The van der Waals surface area contributed by atoms with Crippen molar-refractivity contribution in [3.63, 3.8) is 0 Å². The maximum absolute atomic E-state index is 12.1. The number of hydrogen-bond acceptors (Lipinski definition) is 8. The van der Waals surface area contributed by atoms with Gasteiger partial charge >= 0.3 is 11.8 Å². The molecular formula is C18H17N3O7. The van der Waals surface area contributed by atoms with E-state index >= 15 is 0 Å². The molecule has 0 fully saturated rings. The standard InChI is InChI=1S/C18H17N3O7/c1-26-18(23)12-3-5-13(6-4-12)27-10-2-9-20-16(22)11-28-14-7-8-15(21(24)25)19-17(14)20/h3-8H,2,9-11H2,1H3. The maximum Gasteiger partial charge on any atom is 0.366 e. The molecule has 1 aliphatic rings. The van der Waals surface area contributed by atoms with Gasteiger partial charge in [-0.3, -0.25) is 9.69 Å². The molecule has 1 amide bonds. The Morgan fingerprint density at radius 2 is 2.04 bits per heavy atom. The van der Waals surface area contributed by atoms with E-state index < -0.39 is 10.9 Å². The van der Waals surface area contributed by atoms with Crippen LogP contribution in [0.4, 0.5) is 11.6 Å². The van der Waals surface area contributed by atoms with Crippen molar-refractivity contribution in [1.82, 2.24) is 4.98 Å². The average molecular weight is 387 g/mol. The molecule has 0 bridgehead atoms. The first-order valence-electron chi connectivity index (χ1n) is 8.39. The lowest BCUT2D eigenvalue weighted by atomic mass is 10.2. The van der Waals surface area contributed by atoms with Gasteiger partial charge in [0.15, 0.2) is 12.4 Å². The predicted octanol–water partition coefficient (Wildman–Crippen LogP) is 1.97. The highest BCUT2D eigenvalue weighted by Gasteiger charge is 2.31. The number of nitro groups is 1. The number of carbonyl (C=O) groups is 2. The second kappa shape index (κ2) is 8.33. The molecular weight excluding hydrogens is 370 g/mol. The fourth-order valence-corrected chi connectivity index (χ4v) is 2.62. The largest absolute Gasteiger partial charge is 0.494 e. The average Bonchev–Trinajstić information content (AvgIpc) is 2.71. The summed E-state index contributed by atoms with van der Waals surface area (Å²) in [5.41, 5.74) is 0.415. The smallest absolute Gasteiger partial charge is 0.366 e. The molecule has 1 aliphatic heterocycles. The first kappa shape index (κ1) is 19.1. The van der Waals surface area contributed by atoms with Crippen LogP contribution in [0.2, 0.25) is 0 Å². The SMILES string of the molecule is COC(=O)c1ccc(OCCCN2C(=O)COc3ccc([N+](=O)[O-])nc32)cc1. The molecule has 2 aromatic rings. The Kier molecular flexibility index (Phi) is 5.68. The van der Waals surface area contributed by atoms with Gasteiger partial charge in [0.25, 0.3) is 11.7 Å². The van der Waals surface area contributed by atoms with Crippen molar-refractivity contribution in [3.05, 3.63) is 52.1 Å². The molecule has 3 rings (SSSR count). The molecule has 10 nitrogen and oxygen atoms in total. The minimum Gasteiger partial charge on any atom is -0.494 e. The molecule has 10 heteroatoms. The lowest BCUT2D eigenvalue weighted by molar-refractivity contribution is -0.389. The molecule has 28 heavy (non-hydrogen) atoms. The molecule has 0 saturated heterocycles. The van der Waals surface area contributed by atoms with Crippen molar-refractivity contribution in [2.24, 2.45) is 0 Å². The van der Waals surface area contributed by atoms with Crippen LogP contribution in [0.25, 0.3) is 0 Å². The van der Waals surface area contributed by atoms with Crippen molar-refractivity contribution < 1.29 is 28.7 Å². The van der Waals surface area contributed by atoms with Gasteiger partial charge in [0.2, 0.25) is 0 Å². The van der Waals surface area contributed by atoms with E-state index in [1.165, 1.54) is 24.1 Å². The molecule has 2 heterocycles. The Morgan fingerprint density at radius 3 is 2.71 bits per heavy atom. The molecule has 0 radical (unpaired) electrons. The molecule has 0 spiro atoms. The van der Waals surface area contributed by atoms with Gasteiger partial charge in [-0.05, 0) is 46.7 Å². The molecule has 0 atom stereocenters. The highest BCUT2D eigenvalue weighted by molar-refractivity contribution is 5.96. The Balaban J connectivity index is 1.59. The van der Waals surface area contributed by atoms with Gasteiger partial charge < -0.3 is 24.3 Å². The zero-order chi connectivity index (χ0) is 20.1. The summed E-state index contributed by atoms with van der Waals surface area (Å²) in [5, 5.41) is 10.9. The second-order valence-corrected chi connectivity index (χ2v) is 5.80. The zero-order valence-electron chi connectivity index (χ0n) is 15.0. The predicted molar refractivity (Wildman–Crippen MR) is 96.6 cm³/mol. The number of hydrogen-bond donors (Lipinski definition) is 0. The number of rotatable bonds is 7. The quantitative estimate of drug-likeness (QED) is 0.306. The number of pyridine rings is 1. The van der Waals surface area contributed by atoms with Gasteiger partial charge in [0, 0.05) is 12.6 Å². The first-order valence-corrected chi connectivity index (χ1v) is 8.39. The van der Waals surface area contributed by atoms with Crippen LogP contribution < -0.4 is 14.4 Å². The molecule has 0 saturated carbocycles. The van der Waals surface area contributed by atoms with Crippen molar-refractivity contribution in [2.75, 3.05) is 31.8 Å². The third-order valence-electron chi connectivity index (χ3n) is 3.99. The van der Waals surface area contributed by atoms with Crippen LogP contribution in [0.3, 0.4) is 0 Å². The fourth-order valence-electron chi connectivity index (χ4n) is 2.62. The zero-order valence-corrected chi connectivity index (χ0v) is 15.0. The van der Waals surface area contributed by atoms with E-state index in [2.05, 4.69) is 9.72 Å². The normalized spacial score (nSPS) is 12.8. The van der Waals surface area contributed by atoms with Crippen molar-refractivity contribution in [3.8, 4) is 11.5 Å². The monoisotopic (exact) mass is 387 g/mol. The van der Waals surface area contributed by atoms with Crippen molar-refractivity contribution in [1.29, 1.82) is 0 Å². The summed E-state index contributed by atoms with van der Waals surface area (Å²) in [6.45, 7) is 0.415. The number of aromatic nitrogens is 1. The summed E-state index contributed by atoms with van der Waals surface area (Å²) in [6, 6.07) is 9.13. The van der Waals surface area contributed by atoms with E-state index in [0.717, 1.165) is 0 Å². The summed E-state index contributed by atoms with van der Waals surface area (Å²) in [7, 11) is 1.31. The van der Waals surface area contributed by atoms with E-state index in [1.54, 1.807) is 24.3 Å². The minimum absolute atomic E-state index is 0.132. The topological polar surface area (TPSA) is 121 Å². The van der Waals surface area contributed by atoms with Crippen LogP contribution in [0.5, 0.6) is 11.5 Å². The summed E-state index contributed by atoms with van der Waals surface area (Å²) in [5.74, 6) is -0.0999. The van der Waals surface area contributed by atoms with E-state index in [4.69, 9.17) is 9.47 Å². The highest BCUT2D eigenvalue weighted by atomic mass is 16.6. The molecule has 1 aromatic heterocycles. The second-order valence-electron chi connectivity index (χ2n) is 5.80. The summed E-state index contributed by atoms with van der Waals surface area (Å²) >= 11 is 0. The third kappa shape index (κ3) is 4.17. The Hall–Kier alpha value is -3.69. The number of ether oxygens (including phenoxy) is 3. The van der Waals surface area contributed by atoms with Crippen molar-refractivity contribution in [2.45, 2.75) is 6.42 Å². The number of esters is 1. The maximum atomic E-state index is 12.1. The van der Waals surface area contributed by atoms with Crippen LogP contribution in [0.1, 0.15) is 16.8 Å². The van der Waals surface area contributed by atoms with Gasteiger partial charge in [-0.15, -0.1) is 0 Å². The third-order valence-corrected chi connectivity index (χ3v) is 3.99. The van der Waals surface area contributed by atoms with Crippen LogP contribution in [-0.2, 0) is 9.53 Å². The number of methoxy groups -OCH3 is 1. The Bertz CT molecular complexity index is 899. The van der Waals surface area contributed by atoms with Crippen LogP contribution in [0.15, 0.2) is 36.4 Å². The van der Waals surface area contributed by atoms with Gasteiger partial charge in [-0.1, -0.05) is 0 Å². The Labute approximate surface area is 159 Å². The summed E-state index contributed by atoms with van der Waals surface area (Å²) in [4.78, 5) is 39.1. The lowest BCUT2D eigenvalue weighted by Crippen LogP contribution is -2.40. The number of amides is 1. The van der Waals surface area contributed by atoms with E-state index in [0.29, 0.717) is 30.1 Å². The molecule has 0 N–H and O–H groups in total. The number of fused-ring (bicyclic) bond motifs is 1. The minimum atomic E-state index is -0.626. The van der Waals surface area contributed by atoms with Gasteiger partial charge in [0.05, 0.1) is 19.3 Å². The van der Waals surface area contributed by atoms with Gasteiger partial charge in [-0.25, -0.2) is 4.79 Å². The van der Waals surface area contributed by atoms with Crippen LogP contribution in [0, 0.1) is 10.1 Å². The van der Waals surface area contributed by atoms with E-state index in [9.17, 15) is 19.7 Å². The molecule has 0 aliphatic carbocycles. The van der Waals surface area contributed by atoms with Gasteiger partial charge in [0.1, 0.15) is 5.75 Å². The number of benzene rings is 1. The highest BCUT2D eigenvalue weighted by Crippen LogP contribution is 2.32. The molecule has 1 aromatic carbocycles. The van der Waals surface area contributed by atoms with Crippen LogP contribution >= 0.6 is 0 Å². The molecule has 0 unspecified atom stereocenters. The number of nitrogens with zero attached hydrogens (tertiary/aromatic N) is 3. The lowest BCUT2D eigenvalue weighted by Gasteiger charge is -2.25. The van der Waals surface area contributed by atoms with Crippen molar-refractivity contribution >= 4 is 23.5 Å². The molecule has 146 valence electrons.